The molecule has 1 saturated carbocycles. The van der Waals surface area contributed by atoms with Crippen molar-refractivity contribution in [2.75, 3.05) is 14.2 Å². The highest BCUT2D eigenvalue weighted by Gasteiger charge is 2.72. The average molecular weight is 255 g/mol. The van der Waals surface area contributed by atoms with Gasteiger partial charge >= 0.3 is 11.9 Å². The topological polar surface area (TPSA) is 90.0 Å². The fourth-order valence-corrected chi connectivity index (χ4v) is 2.39. The van der Waals surface area contributed by atoms with E-state index < -0.39 is 23.4 Å². The number of hydrogen-bond acceptors (Lipinski definition) is 6. The number of esters is 2. The minimum atomic E-state index is -1.53. The van der Waals surface area contributed by atoms with Gasteiger partial charge in [-0.2, -0.15) is 0 Å². The molecule has 1 aliphatic carbocycles. The summed E-state index contributed by atoms with van der Waals surface area (Å²) in [5, 5.41) is 0. The fraction of sp³-hybridized carbons (Fsp3) is 0.636. The van der Waals surface area contributed by atoms with Crippen LogP contribution < -0.4 is 0 Å². The molecule has 98 valence electrons. The zero-order valence-corrected chi connectivity index (χ0v) is 10.1. The van der Waals surface area contributed by atoms with Crippen molar-refractivity contribution in [2.24, 2.45) is 5.41 Å². The number of amides is 2. The van der Waals surface area contributed by atoms with E-state index in [2.05, 4.69) is 9.47 Å². The largest absolute Gasteiger partial charge is 0.468 e. The van der Waals surface area contributed by atoms with E-state index in [-0.39, 0.29) is 31.1 Å². The number of methoxy groups -OCH3 is 2. The molecule has 0 aromatic rings. The van der Waals surface area contributed by atoms with Gasteiger partial charge in [0, 0.05) is 12.8 Å². The van der Waals surface area contributed by atoms with Crippen molar-refractivity contribution in [3.63, 3.8) is 0 Å². The summed E-state index contributed by atoms with van der Waals surface area (Å²) in [5.74, 6) is -2.27. The van der Waals surface area contributed by atoms with Crippen LogP contribution in [0.4, 0.5) is 0 Å². The standard InChI is InChI=1S/C11H13NO6/c1-17-9(15)11(10(16)18-2)5-6(11)12-7(13)3-4-8(12)14/h6H,3-5H2,1-2H3. The van der Waals surface area contributed by atoms with E-state index in [1.165, 1.54) is 0 Å². The van der Waals surface area contributed by atoms with Crippen LogP contribution in [0, 0.1) is 5.41 Å². The van der Waals surface area contributed by atoms with Crippen LogP contribution in [0.3, 0.4) is 0 Å². The lowest BCUT2D eigenvalue weighted by Gasteiger charge is -2.18. The van der Waals surface area contributed by atoms with Crippen molar-refractivity contribution in [2.45, 2.75) is 25.3 Å². The second-order valence-electron chi connectivity index (χ2n) is 4.33. The first kappa shape index (κ1) is 12.5. The Morgan fingerprint density at radius 1 is 1.11 bits per heavy atom. The zero-order valence-electron chi connectivity index (χ0n) is 10.1. The third-order valence-corrected chi connectivity index (χ3v) is 3.43. The molecule has 2 amide bonds. The normalized spacial score (nSPS) is 25.0. The lowest BCUT2D eigenvalue weighted by atomic mass is 10.1. The van der Waals surface area contributed by atoms with Crippen molar-refractivity contribution in [1.29, 1.82) is 0 Å². The first-order chi connectivity index (χ1) is 8.48. The number of carbonyl (C=O) groups excluding carboxylic acids is 4. The lowest BCUT2D eigenvalue weighted by Crippen LogP contribution is -2.41. The second-order valence-corrected chi connectivity index (χ2v) is 4.33. The molecule has 0 N–H and O–H groups in total. The van der Waals surface area contributed by atoms with Crippen molar-refractivity contribution >= 4 is 23.8 Å². The molecule has 18 heavy (non-hydrogen) atoms. The highest BCUT2D eigenvalue weighted by atomic mass is 16.5. The van der Waals surface area contributed by atoms with Crippen LogP contribution in [-0.2, 0) is 28.7 Å². The van der Waals surface area contributed by atoms with Gasteiger partial charge < -0.3 is 9.47 Å². The van der Waals surface area contributed by atoms with E-state index in [1.54, 1.807) is 0 Å². The number of carbonyl (C=O) groups is 4. The maximum Gasteiger partial charge on any atom is 0.325 e. The van der Waals surface area contributed by atoms with Crippen molar-refractivity contribution in [1.82, 2.24) is 4.90 Å². The molecule has 0 bridgehead atoms. The van der Waals surface area contributed by atoms with E-state index >= 15 is 0 Å². The van der Waals surface area contributed by atoms with Crippen molar-refractivity contribution in [3.8, 4) is 0 Å². The van der Waals surface area contributed by atoms with Gasteiger partial charge in [0.05, 0.1) is 20.3 Å². The number of nitrogens with zero attached hydrogens (tertiary/aromatic N) is 1. The van der Waals surface area contributed by atoms with Gasteiger partial charge in [-0.1, -0.05) is 0 Å². The summed E-state index contributed by atoms with van der Waals surface area (Å²) >= 11 is 0. The summed E-state index contributed by atoms with van der Waals surface area (Å²) in [4.78, 5) is 47.6. The Hall–Kier alpha value is -1.92. The third-order valence-electron chi connectivity index (χ3n) is 3.43. The van der Waals surface area contributed by atoms with Crippen LogP contribution >= 0.6 is 0 Å². The first-order valence-electron chi connectivity index (χ1n) is 5.50. The van der Waals surface area contributed by atoms with E-state index in [0.29, 0.717) is 0 Å². The molecular formula is C11H13NO6. The second kappa shape index (κ2) is 4.08. The summed E-state index contributed by atoms with van der Waals surface area (Å²) in [6, 6.07) is -0.764. The smallest absolute Gasteiger partial charge is 0.325 e. The SMILES string of the molecule is COC(=O)C1(C(=O)OC)CC1N1C(=O)CCC1=O. The van der Waals surface area contributed by atoms with Gasteiger partial charge in [0.25, 0.3) is 0 Å². The Bertz CT molecular complexity index is 411. The van der Waals surface area contributed by atoms with Crippen LogP contribution in [-0.4, -0.2) is 48.9 Å². The van der Waals surface area contributed by atoms with Crippen LogP contribution in [0.25, 0.3) is 0 Å². The molecule has 1 heterocycles. The molecule has 7 heteroatoms. The quantitative estimate of drug-likeness (QED) is 0.374. The Labute approximate surface area is 103 Å². The number of ether oxygens (including phenoxy) is 2. The number of hydrogen-bond donors (Lipinski definition) is 0. The van der Waals surface area contributed by atoms with Crippen LogP contribution in [0.15, 0.2) is 0 Å². The van der Waals surface area contributed by atoms with Gasteiger partial charge in [-0.25, -0.2) is 0 Å². The van der Waals surface area contributed by atoms with Gasteiger partial charge in [0.15, 0.2) is 5.41 Å². The molecule has 2 aliphatic rings. The molecule has 1 atom stereocenters. The Kier molecular flexibility index (Phi) is 2.84. The molecule has 2 fully saturated rings. The highest BCUT2D eigenvalue weighted by molar-refractivity contribution is 6.09. The van der Waals surface area contributed by atoms with Gasteiger partial charge in [0.2, 0.25) is 11.8 Å². The van der Waals surface area contributed by atoms with Crippen molar-refractivity contribution in [3.05, 3.63) is 0 Å². The highest BCUT2D eigenvalue weighted by Crippen LogP contribution is 2.52. The Morgan fingerprint density at radius 3 is 1.94 bits per heavy atom. The monoisotopic (exact) mass is 255 g/mol. The number of imide groups is 1. The lowest BCUT2D eigenvalue weighted by molar-refractivity contribution is -0.162. The Morgan fingerprint density at radius 2 is 1.56 bits per heavy atom. The van der Waals surface area contributed by atoms with Gasteiger partial charge in [0.1, 0.15) is 0 Å². The van der Waals surface area contributed by atoms with E-state index in [4.69, 9.17) is 0 Å². The summed E-state index contributed by atoms with van der Waals surface area (Å²) in [6.45, 7) is 0. The number of rotatable bonds is 3. The molecule has 0 aromatic carbocycles. The predicted octanol–water partition coefficient (Wildman–Crippen LogP) is -0.760. The molecule has 7 nitrogen and oxygen atoms in total. The third kappa shape index (κ3) is 1.50. The van der Waals surface area contributed by atoms with Crippen LogP contribution in [0.5, 0.6) is 0 Å². The average Bonchev–Trinajstić information content (AvgIpc) is 3.02. The first-order valence-corrected chi connectivity index (χ1v) is 5.50. The predicted molar refractivity (Wildman–Crippen MR) is 56.0 cm³/mol. The van der Waals surface area contributed by atoms with Crippen LogP contribution in [0.1, 0.15) is 19.3 Å². The van der Waals surface area contributed by atoms with Crippen molar-refractivity contribution < 1.29 is 28.7 Å². The van der Waals surface area contributed by atoms with Gasteiger partial charge in [-0.3, -0.25) is 24.1 Å². The summed E-state index contributed by atoms with van der Waals surface area (Å²) in [7, 11) is 2.30. The molecule has 0 spiro atoms. The van der Waals surface area contributed by atoms with E-state index in [9.17, 15) is 19.2 Å². The summed E-state index contributed by atoms with van der Waals surface area (Å²) < 4.78 is 9.14. The molecule has 1 saturated heterocycles. The Balaban J connectivity index is 2.27. The minimum absolute atomic E-state index is 0.0732. The molecule has 2 rings (SSSR count). The maximum atomic E-state index is 11.7. The molecular weight excluding hydrogens is 242 g/mol. The summed E-state index contributed by atoms with van der Waals surface area (Å²) in [5.41, 5.74) is -1.53. The molecule has 1 unspecified atom stereocenters. The zero-order chi connectivity index (χ0) is 13.5. The molecule has 0 aromatic heterocycles. The fourth-order valence-electron chi connectivity index (χ4n) is 2.39. The molecule has 0 radical (unpaired) electrons. The van der Waals surface area contributed by atoms with Gasteiger partial charge in [-0.15, -0.1) is 0 Å². The van der Waals surface area contributed by atoms with Gasteiger partial charge in [-0.05, 0) is 6.42 Å². The molecule has 1 aliphatic heterocycles. The van der Waals surface area contributed by atoms with E-state index in [0.717, 1.165) is 19.1 Å². The summed E-state index contributed by atoms with van der Waals surface area (Å²) in [6.07, 6.45) is 0.311. The van der Waals surface area contributed by atoms with Crippen LogP contribution in [0.2, 0.25) is 0 Å². The maximum absolute atomic E-state index is 11.7. The van der Waals surface area contributed by atoms with E-state index in [1.807, 2.05) is 0 Å². The minimum Gasteiger partial charge on any atom is -0.468 e. The number of likely N-dealkylation sites (tertiary alicyclic amines) is 1.